The minimum Gasteiger partial charge on any atom is -0.459 e. The van der Waals surface area contributed by atoms with Crippen LogP contribution in [0.2, 0.25) is 0 Å². The summed E-state index contributed by atoms with van der Waals surface area (Å²) < 4.78 is 18.3. The van der Waals surface area contributed by atoms with E-state index in [9.17, 15) is 9.90 Å². The number of benzene rings is 1. The van der Waals surface area contributed by atoms with E-state index in [0.29, 0.717) is 48.4 Å². The van der Waals surface area contributed by atoms with Crippen molar-refractivity contribution in [2.75, 3.05) is 13.2 Å². The Kier molecular flexibility index (Phi) is 5.86. The lowest BCUT2D eigenvalue weighted by Gasteiger charge is -2.62. The fourth-order valence-corrected chi connectivity index (χ4v) is 9.68. The minimum absolute atomic E-state index is 0.0501. The van der Waals surface area contributed by atoms with Gasteiger partial charge in [-0.1, -0.05) is 32.0 Å². The number of carbonyl (C=O) groups excluding carboxylic acids is 1. The SMILES string of the molecule is CC1(C2CCC3C4C(O)CC5C[C@@H](OC(=O)c6ccccc6)CC[C@]5(C)C4CC[C@@]32C)OCCO1. The molecule has 0 radical (unpaired) electrons. The van der Waals surface area contributed by atoms with Crippen LogP contribution in [0, 0.1) is 40.4 Å². The second kappa shape index (κ2) is 8.56. The molecule has 0 spiro atoms. The van der Waals surface area contributed by atoms with Gasteiger partial charge >= 0.3 is 5.97 Å². The van der Waals surface area contributed by atoms with Crippen LogP contribution in [0.15, 0.2) is 30.3 Å². The molecule has 6 rings (SSSR count). The zero-order valence-corrected chi connectivity index (χ0v) is 21.6. The summed E-state index contributed by atoms with van der Waals surface area (Å²) in [5, 5.41) is 11.6. The Morgan fingerprint density at radius 1 is 0.914 bits per heavy atom. The molecule has 5 heteroatoms. The molecule has 1 aromatic rings. The Labute approximate surface area is 209 Å². The molecule has 1 heterocycles. The summed E-state index contributed by atoms with van der Waals surface area (Å²) >= 11 is 0. The highest BCUT2D eigenvalue weighted by Gasteiger charge is 2.65. The first-order valence-corrected chi connectivity index (χ1v) is 14.0. The maximum atomic E-state index is 12.7. The standard InChI is InChI=1S/C30H42O5/c1-28-13-11-21(35-27(32)19-7-5-4-6-8-19)17-20(28)18-24(31)26-22-9-10-25(30(3)33-15-16-34-30)29(22,2)14-12-23(26)28/h4-8,20-26,31H,9-18H2,1-3H3/t20?,21-,22?,23?,24?,25?,26?,28-,29-/m0/s1. The van der Waals surface area contributed by atoms with Crippen LogP contribution in [0.3, 0.4) is 0 Å². The highest BCUT2D eigenvalue weighted by atomic mass is 16.7. The lowest BCUT2D eigenvalue weighted by molar-refractivity contribution is -0.227. The molecule has 0 amide bonds. The lowest BCUT2D eigenvalue weighted by Crippen LogP contribution is -2.59. The maximum absolute atomic E-state index is 12.7. The van der Waals surface area contributed by atoms with Gasteiger partial charge in [-0.2, -0.15) is 0 Å². The summed E-state index contributed by atoms with van der Waals surface area (Å²) in [6, 6.07) is 9.31. The Hall–Kier alpha value is -1.43. The van der Waals surface area contributed by atoms with Crippen molar-refractivity contribution in [1.29, 1.82) is 0 Å². The van der Waals surface area contributed by atoms with Gasteiger partial charge in [0.1, 0.15) is 6.10 Å². The number of aliphatic hydroxyl groups excluding tert-OH is 1. The van der Waals surface area contributed by atoms with Gasteiger partial charge in [-0.15, -0.1) is 0 Å². The smallest absolute Gasteiger partial charge is 0.338 e. The van der Waals surface area contributed by atoms with Gasteiger partial charge in [0.05, 0.1) is 24.9 Å². The Bertz CT molecular complexity index is 941. The Morgan fingerprint density at radius 3 is 2.34 bits per heavy atom. The molecule has 5 fully saturated rings. The summed E-state index contributed by atoms with van der Waals surface area (Å²) in [7, 11) is 0. The van der Waals surface area contributed by atoms with Gasteiger partial charge in [-0.3, -0.25) is 0 Å². The van der Waals surface area contributed by atoms with E-state index in [-0.39, 0.29) is 29.0 Å². The third-order valence-electron chi connectivity index (χ3n) is 11.4. The Balaban J connectivity index is 1.19. The van der Waals surface area contributed by atoms with E-state index < -0.39 is 5.79 Å². The fraction of sp³-hybridized carbons (Fsp3) is 0.767. The van der Waals surface area contributed by atoms with Crippen molar-refractivity contribution in [1.82, 2.24) is 0 Å². The molecule has 4 saturated carbocycles. The Morgan fingerprint density at radius 2 is 1.60 bits per heavy atom. The number of hydrogen-bond donors (Lipinski definition) is 1. The van der Waals surface area contributed by atoms with Crippen LogP contribution in [-0.2, 0) is 14.2 Å². The van der Waals surface area contributed by atoms with Gasteiger partial charge < -0.3 is 19.3 Å². The van der Waals surface area contributed by atoms with Gasteiger partial charge in [0.15, 0.2) is 5.79 Å². The van der Waals surface area contributed by atoms with E-state index in [4.69, 9.17) is 14.2 Å². The third-order valence-corrected chi connectivity index (χ3v) is 11.4. The highest BCUT2D eigenvalue weighted by Crippen LogP contribution is 2.69. The van der Waals surface area contributed by atoms with Gasteiger partial charge in [0.2, 0.25) is 0 Å². The van der Waals surface area contributed by atoms with Gasteiger partial charge in [0.25, 0.3) is 0 Å². The topological polar surface area (TPSA) is 65.0 Å². The number of rotatable bonds is 3. The average molecular weight is 483 g/mol. The predicted molar refractivity (Wildman–Crippen MR) is 133 cm³/mol. The minimum atomic E-state index is -0.469. The van der Waals surface area contributed by atoms with Gasteiger partial charge in [-0.25, -0.2) is 4.79 Å². The number of fused-ring (bicyclic) bond motifs is 5. The van der Waals surface area contributed by atoms with Crippen LogP contribution in [0.1, 0.15) is 82.5 Å². The maximum Gasteiger partial charge on any atom is 0.338 e. The van der Waals surface area contributed by atoms with Crippen LogP contribution < -0.4 is 0 Å². The number of carbonyl (C=O) groups is 1. The number of hydrogen-bond acceptors (Lipinski definition) is 5. The average Bonchev–Trinajstić information content (AvgIpc) is 3.44. The third kappa shape index (κ3) is 3.71. The molecular weight excluding hydrogens is 440 g/mol. The quantitative estimate of drug-likeness (QED) is 0.568. The van der Waals surface area contributed by atoms with Crippen LogP contribution >= 0.6 is 0 Å². The van der Waals surface area contributed by atoms with Crippen molar-refractivity contribution >= 4 is 5.97 Å². The van der Waals surface area contributed by atoms with Crippen molar-refractivity contribution in [2.24, 2.45) is 40.4 Å². The fourth-order valence-electron chi connectivity index (χ4n) is 9.68. The lowest BCUT2D eigenvalue weighted by atomic mass is 9.44. The van der Waals surface area contributed by atoms with Crippen molar-refractivity contribution in [2.45, 2.75) is 90.1 Å². The molecule has 1 aromatic carbocycles. The van der Waals surface area contributed by atoms with Gasteiger partial charge in [-0.05, 0) is 105 Å². The first-order valence-electron chi connectivity index (χ1n) is 14.0. The monoisotopic (exact) mass is 482 g/mol. The van der Waals surface area contributed by atoms with Crippen LogP contribution in [0.5, 0.6) is 0 Å². The molecule has 0 aromatic heterocycles. The van der Waals surface area contributed by atoms with Crippen molar-refractivity contribution in [3.8, 4) is 0 Å². The summed E-state index contributed by atoms with van der Waals surface area (Å²) in [4.78, 5) is 12.7. The number of aliphatic hydroxyl groups is 1. The molecule has 5 nitrogen and oxygen atoms in total. The molecule has 9 atom stereocenters. The number of ether oxygens (including phenoxy) is 3. The van der Waals surface area contributed by atoms with Gasteiger partial charge in [0, 0.05) is 5.92 Å². The summed E-state index contributed by atoms with van der Waals surface area (Å²) in [5.41, 5.74) is 0.992. The van der Waals surface area contributed by atoms with Crippen LogP contribution in [0.4, 0.5) is 0 Å². The molecule has 1 saturated heterocycles. The molecule has 4 aliphatic carbocycles. The van der Waals surface area contributed by atoms with E-state index >= 15 is 0 Å². The van der Waals surface area contributed by atoms with E-state index in [1.807, 2.05) is 30.3 Å². The summed E-state index contributed by atoms with van der Waals surface area (Å²) in [6.07, 6.45) is 8.04. The van der Waals surface area contributed by atoms with E-state index in [2.05, 4.69) is 20.8 Å². The first-order chi connectivity index (χ1) is 16.7. The second-order valence-electron chi connectivity index (χ2n) is 12.9. The largest absolute Gasteiger partial charge is 0.459 e. The molecule has 5 aliphatic rings. The zero-order chi connectivity index (χ0) is 24.4. The second-order valence-corrected chi connectivity index (χ2v) is 12.9. The molecule has 0 bridgehead atoms. The molecule has 6 unspecified atom stereocenters. The normalized spacial score (nSPS) is 46.3. The van der Waals surface area contributed by atoms with E-state index in [1.54, 1.807) is 0 Å². The molecule has 1 aliphatic heterocycles. The summed E-state index contributed by atoms with van der Waals surface area (Å²) in [6.45, 7) is 8.48. The molecule has 1 N–H and O–H groups in total. The number of esters is 1. The first kappa shape index (κ1) is 23.9. The van der Waals surface area contributed by atoms with Crippen LogP contribution in [-0.4, -0.2) is 42.3 Å². The van der Waals surface area contributed by atoms with Crippen LogP contribution in [0.25, 0.3) is 0 Å². The van der Waals surface area contributed by atoms with Crippen molar-refractivity contribution < 1.29 is 24.1 Å². The highest BCUT2D eigenvalue weighted by molar-refractivity contribution is 5.89. The predicted octanol–water partition coefficient (Wildman–Crippen LogP) is 5.60. The van der Waals surface area contributed by atoms with E-state index in [1.165, 1.54) is 19.3 Å². The molecular formula is C30H42O5. The zero-order valence-electron chi connectivity index (χ0n) is 21.6. The summed E-state index contributed by atoms with van der Waals surface area (Å²) in [5.74, 6) is 1.53. The molecule has 192 valence electrons. The van der Waals surface area contributed by atoms with E-state index in [0.717, 1.165) is 32.1 Å². The van der Waals surface area contributed by atoms with Crippen molar-refractivity contribution in [3.05, 3.63) is 35.9 Å². The van der Waals surface area contributed by atoms with Crippen molar-refractivity contribution in [3.63, 3.8) is 0 Å². The molecule has 35 heavy (non-hydrogen) atoms.